The second-order valence-corrected chi connectivity index (χ2v) is 4.43. The lowest BCUT2D eigenvalue weighted by atomic mass is 10.1. The van der Waals surface area contributed by atoms with Gasteiger partial charge in [-0.3, -0.25) is 0 Å². The summed E-state index contributed by atoms with van der Waals surface area (Å²) in [6.45, 7) is 0.373. The Labute approximate surface area is 122 Å². The topological polar surface area (TPSA) is 76.0 Å². The quantitative estimate of drug-likeness (QED) is 0.853. The fourth-order valence-corrected chi connectivity index (χ4v) is 1.85. The number of hydrogen-bond donors (Lipinski definition) is 2. The highest BCUT2D eigenvalue weighted by Crippen LogP contribution is 2.31. The minimum Gasteiger partial charge on any atom is -0.493 e. The van der Waals surface area contributed by atoms with Crippen molar-refractivity contribution in [3.8, 4) is 11.5 Å². The fraction of sp³-hybridized carbons (Fsp3) is 0.188. The number of aliphatic hydroxyl groups excluding tert-OH is 1. The van der Waals surface area contributed by atoms with Crippen molar-refractivity contribution in [1.82, 2.24) is 0 Å². The van der Waals surface area contributed by atoms with Crippen LogP contribution in [0.25, 0.3) is 0 Å². The summed E-state index contributed by atoms with van der Waals surface area (Å²) in [6, 6.07) is 14.2. The molecule has 1 atom stereocenters. The van der Waals surface area contributed by atoms with Gasteiger partial charge in [-0.25, -0.2) is 4.79 Å². The third-order valence-electron chi connectivity index (χ3n) is 2.97. The van der Waals surface area contributed by atoms with E-state index < -0.39 is 12.1 Å². The van der Waals surface area contributed by atoms with Gasteiger partial charge in [-0.15, -0.1) is 0 Å². The lowest BCUT2D eigenvalue weighted by molar-refractivity contribution is -0.146. The van der Waals surface area contributed by atoms with Gasteiger partial charge < -0.3 is 19.7 Å². The van der Waals surface area contributed by atoms with E-state index in [9.17, 15) is 9.90 Å². The summed E-state index contributed by atoms with van der Waals surface area (Å²) in [5.74, 6) is -0.443. The van der Waals surface area contributed by atoms with Crippen LogP contribution in [0.15, 0.2) is 48.5 Å². The molecule has 0 heterocycles. The van der Waals surface area contributed by atoms with Gasteiger partial charge in [0.05, 0.1) is 7.11 Å². The minimum absolute atomic E-state index is 0.242. The summed E-state index contributed by atoms with van der Waals surface area (Å²) in [4.78, 5) is 10.8. The van der Waals surface area contributed by atoms with Gasteiger partial charge in [-0.05, 0) is 23.3 Å². The molecule has 0 aromatic heterocycles. The first-order valence-corrected chi connectivity index (χ1v) is 6.37. The van der Waals surface area contributed by atoms with Crippen LogP contribution in [0.5, 0.6) is 11.5 Å². The maximum atomic E-state index is 10.8. The highest BCUT2D eigenvalue weighted by molar-refractivity contribution is 5.74. The molecule has 0 saturated heterocycles. The first kappa shape index (κ1) is 14.9. The van der Waals surface area contributed by atoms with Crippen LogP contribution in [0.4, 0.5) is 0 Å². The average molecular weight is 288 g/mol. The van der Waals surface area contributed by atoms with Crippen LogP contribution in [0.2, 0.25) is 0 Å². The molecule has 110 valence electrons. The molecular formula is C16H16O5. The lowest BCUT2D eigenvalue weighted by Gasteiger charge is -2.13. The molecule has 0 saturated carbocycles. The largest absolute Gasteiger partial charge is 0.493 e. The Kier molecular flexibility index (Phi) is 4.79. The van der Waals surface area contributed by atoms with E-state index in [2.05, 4.69) is 0 Å². The molecular weight excluding hydrogens is 272 g/mol. The molecule has 0 amide bonds. The predicted octanol–water partition coefficient (Wildman–Crippen LogP) is 2.39. The lowest BCUT2D eigenvalue weighted by Crippen LogP contribution is -2.10. The fourth-order valence-electron chi connectivity index (χ4n) is 1.85. The Morgan fingerprint density at radius 2 is 1.86 bits per heavy atom. The number of methoxy groups -OCH3 is 1. The summed E-state index contributed by atoms with van der Waals surface area (Å²) < 4.78 is 10.8. The number of aliphatic carboxylic acids is 1. The van der Waals surface area contributed by atoms with E-state index in [-0.39, 0.29) is 5.56 Å². The van der Waals surface area contributed by atoms with Gasteiger partial charge in [-0.2, -0.15) is 0 Å². The molecule has 0 aliphatic rings. The number of carboxylic acids is 1. The number of rotatable bonds is 6. The van der Waals surface area contributed by atoms with Crippen molar-refractivity contribution in [3.63, 3.8) is 0 Å². The highest BCUT2D eigenvalue weighted by atomic mass is 16.5. The molecule has 1 unspecified atom stereocenters. The van der Waals surface area contributed by atoms with E-state index in [0.29, 0.717) is 18.1 Å². The van der Waals surface area contributed by atoms with E-state index in [1.807, 2.05) is 30.3 Å². The molecule has 2 aromatic carbocycles. The highest BCUT2D eigenvalue weighted by Gasteiger charge is 2.18. The van der Waals surface area contributed by atoms with Crippen LogP contribution in [0, 0.1) is 0 Å². The van der Waals surface area contributed by atoms with Crippen LogP contribution < -0.4 is 9.47 Å². The number of ether oxygens (including phenoxy) is 2. The van der Waals surface area contributed by atoms with Gasteiger partial charge in [-0.1, -0.05) is 36.4 Å². The Bertz CT molecular complexity index is 609. The predicted molar refractivity (Wildman–Crippen MR) is 76.4 cm³/mol. The molecule has 21 heavy (non-hydrogen) atoms. The zero-order chi connectivity index (χ0) is 15.2. The van der Waals surface area contributed by atoms with E-state index in [1.54, 1.807) is 6.07 Å². The zero-order valence-corrected chi connectivity index (χ0v) is 11.5. The molecule has 5 heteroatoms. The van der Waals surface area contributed by atoms with Crippen molar-refractivity contribution in [2.75, 3.05) is 7.11 Å². The maximum Gasteiger partial charge on any atom is 0.337 e. The number of carbonyl (C=O) groups is 1. The van der Waals surface area contributed by atoms with Crippen molar-refractivity contribution in [3.05, 3.63) is 59.7 Å². The van der Waals surface area contributed by atoms with E-state index >= 15 is 0 Å². The van der Waals surface area contributed by atoms with E-state index in [0.717, 1.165) is 5.56 Å². The first-order chi connectivity index (χ1) is 10.1. The van der Waals surface area contributed by atoms with Gasteiger partial charge in [0.25, 0.3) is 0 Å². The Morgan fingerprint density at radius 1 is 1.14 bits per heavy atom. The van der Waals surface area contributed by atoms with Gasteiger partial charge in [0.15, 0.2) is 17.6 Å². The molecule has 2 aromatic rings. The molecule has 0 fully saturated rings. The van der Waals surface area contributed by atoms with E-state index in [1.165, 1.54) is 19.2 Å². The zero-order valence-electron chi connectivity index (χ0n) is 11.5. The van der Waals surface area contributed by atoms with Gasteiger partial charge >= 0.3 is 5.97 Å². The molecule has 0 bridgehead atoms. The van der Waals surface area contributed by atoms with Crippen LogP contribution in [0.3, 0.4) is 0 Å². The normalized spacial score (nSPS) is 11.7. The SMILES string of the molecule is COc1cc(C(O)C(=O)O)ccc1OCc1ccccc1. The van der Waals surface area contributed by atoms with Crippen molar-refractivity contribution in [1.29, 1.82) is 0 Å². The third kappa shape index (κ3) is 3.73. The Balaban J connectivity index is 2.15. The standard InChI is InChI=1S/C16H16O5/c1-20-14-9-12(15(17)16(18)19)7-8-13(14)21-10-11-5-3-2-4-6-11/h2-9,15,17H,10H2,1H3,(H,18,19). The van der Waals surface area contributed by atoms with E-state index in [4.69, 9.17) is 14.6 Å². The Hall–Kier alpha value is -2.53. The van der Waals surface area contributed by atoms with Crippen LogP contribution in [0.1, 0.15) is 17.2 Å². The van der Waals surface area contributed by atoms with Gasteiger partial charge in [0.1, 0.15) is 6.61 Å². The van der Waals surface area contributed by atoms with Crippen molar-refractivity contribution >= 4 is 5.97 Å². The van der Waals surface area contributed by atoms with Crippen molar-refractivity contribution in [2.24, 2.45) is 0 Å². The van der Waals surface area contributed by atoms with Crippen LogP contribution >= 0.6 is 0 Å². The number of carboxylic acid groups (broad SMARTS) is 1. The maximum absolute atomic E-state index is 10.8. The minimum atomic E-state index is -1.58. The first-order valence-electron chi connectivity index (χ1n) is 6.37. The summed E-state index contributed by atoms with van der Waals surface area (Å²) in [7, 11) is 1.46. The summed E-state index contributed by atoms with van der Waals surface area (Å²) in [6.07, 6.45) is -1.58. The molecule has 5 nitrogen and oxygen atoms in total. The molecule has 2 rings (SSSR count). The van der Waals surface area contributed by atoms with Crippen LogP contribution in [-0.2, 0) is 11.4 Å². The smallest absolute Gasteiger partial charge is 0.337 e. The number of aliphatic hydroxyl groups is 1. The number of hydrogen-bond acceptors (Lipinski definition) is 4. The summed E-state index contributed by atoms with van der Waals surface area (Å²) in [5.41, 5.74) is 1.25. The molecule has 2 N–H and O–H groups in total. The second-order valence-electron chi connectivity index (χ2n) is 4.43. The number of benzene rings is 2. The molecule has 0 aliphatic carbocycles. The van der Waals surface area contributed by atoms with Gasteiger partial charge in [0.2, 0.25) is 0 Å². The van der Waals surface area contributed by atoms with Crippen molar-refractivity contribution in [2.45, 2.75) is 12.7 Å². The van der Waals surface area contributed by atoms with Crippen LogP contribution in [-0.4, -0.2) is 23.3 Å². The average Bonchev–Trinajstić information content (AvgIpc) is 2.53. The monoisotopic (exact) mass is 288 g/mol. The van der Waals surface area contributed by atoms with Crippen molar-refractivity contribution < 1.29 is 24.5 Å². The molecule has 0 radical (unpaired) electrons. The summed E-state index contributed by atoms with van der Waals surface area (Å²) in [5, 5.41) is 18.3. The van der Waals surface area contributed by atoms with Gasteiger partial charge in [0, 0.05) is 0 Å². The Morgan fingerprint density at radius 3 is 2.48 bits per heavy atom. The molecule has 0 spiro atoms. The molecule has 0 aliphatic heterocycles. The second kappa shape index (κ2) is 6.76. The third-order valence-corrected chi connectivity index (χ3v) is 2.97. The summed E-state index contributed by atoms with van der Waals surface area (Å²) >= 11 is 0.